The first-order chi connectivity index (χ1) is 9.11. The Kier molecular flexibility index (Phi) is 6.17. The number of hydrogen-bond donors (Lipinski definition) is 1. The van der Waals surface area contributed by atoms with Crippen LogP contribution in [-0.2, 0) is 9.47 Å². The molecule has 0 fully saturated rings. The van der Waals surface area contributed by atoms with E-state index in [-0.39, 0.29) is 11.4 Å². The van der Waals surface area contributed by atoms with Crippen molar-refractivity contribution in [3.05, 3.63) is 23.6 Å². The Hall–Kier alpha value is -1.73. The van der Waals surface area contributed by atoms with Crippen LogP contribution >= 0.6 is 0 Å². The van der Waals surface area contributed by atoms with Gasteiger partial charge in [0.15, 0.2) is 11.6 Å². The maximum atomic E-state index is 13.8. The number of nitrogens with zero attached hydrogens (tertiary/aromatic N) is 2. The molecule has 0 aliphatic carbocycles. The van der Waals surface area contributed by atoms with Gasteiger partial charge in [0.1, 0.15) is 0 Å². The summed E-state index contributed by atoms with van der Waals surface area (Å²) in [4.78, 5) is 17.3. The summed E-state index contributed by atoms with van der Waals surface area (Å²) < 4.78 is 23.6. The average Bonchev–Trinajstić information content (AvgIpc) is 2.41. The fourth-order valence-corrected chi connectivity index (χ4v) is 1.51. The third kappa shape index (κ3) is 4.15. The monoisotopic (exact) mass is 271 g/mol. The minimum Gasteiger partial charge on any atom is -0.383 e. The van der Waals surface area contributed by atoms with Crippen molar-refractivity contribution in [1.82, 2.24) is 9.88 Å². The minimum atomic E-state index is -0.799. The van der Waals surface area contributed by atoms with E-state index in [0.717, 1.165) is 0 Å². The van der Waals surface area contributed by atoms with Crippen molar-refractivity contribution in [1.29, 1.82) is 0 Å². The summed E-state index contributed by atoms with van der Waals surface area (Å²) in [7, 11) is 3.06. The third-order valence-corrected chi connectivity index (χ3v) is 2.56. The van der Waals surface area contributed by atoms with Crippen LogP contribution in [0.2, 0.25) is 0 Å². The largest absolute Gasteiger partial charge is 0.383 e. The molecule has 0 spiro atoms. The summed E-state index contributed by atoms with van der Waals surface area (Å²) in [5, 5.41) is 0. The van der Waals surface area contributed by atoms with Gasteiger partial charge in [0.25, 0.3) is 5.91 Å². The van der Waals surface area contributed by atoms with Gasteiger partial charge in [-0.05, 0) is 6.07 Å². The molecule has 0 unspecified atom stereocenters. The molecule has 0 saturated carbocycles. The van der Waals surface area contributed by atoms with Gasteiger partial charge in [-0.3, -0.25) is 4.79 Å². The number of nitrogens with two attached hydrogens (primary N) is 1. The number of pyridine rings is 1. The number of aromatic nitrogens is 1. The molecule has 1 amide bonds. The zero-order valence-corrected chi connectivity index (χ0v) is 11.1. The van der Waals surface area contributed by atoms with E-state index in [1.807, 2.05) is 0 Å². The first-order valence-electron chi connectivity index (χ1n) is 5.79. The van der Waals surface area contributed by atoms with Gasteiger partial charge in [0.2, 0.25) is 0 Å². The highest BCUT2D eigenvalue weighted by atomic mass is 19.1. The van der Waals surface area contributed by atoms with Crippen LogP contribution in [0.5, 0.6) is 0 Å². The van der Waals surface area contributed by atoms with Gasteiger partial charge in [-0.15, -0.1) is 0 Å². The van der Waals surface area contributed by atoms with Crippen LogP contribution in [0, 0.1) is 5.82 Å². The summed E-state index contributed by atoms with van der Waals surface area (Å²) in [5.41, 5.74) is 5.26. The molecule has 106 valence electrons. The van der Waals surface area contributed by atoms with Gasteiger partial charge in [-0.25, -0.2) is 9.37 Å². The van der Waals surface area contributed by atoms with E-state index in [2.05, 4.69) is 4.98 Å². The van der Waals surface area contributed by atoms with Crippen molar-refractivity contribution < 1.29 is 18.7 Å². The molecule has 0 aliphatic rings. The van der Waals surface area contributed by atoms with E-state index in [0.29, 0.717) is 26.3 Å². The molecule has 0 saturated heterocycles. The second-order valence-electron chi connectivity index (χ2n) is 3.84. The lowest BCUT2D eigenvalue weighted by Crippen LogP contribution is -2.37. The molecule has 1 aromatic rings. The number of rotatable bonds is 7. The van der Waals surface area contributed by atoms with Gasteiger partial charge in [0.05, 0.1) is 18.8 Å². The number of anilines is 1. The Bertz CT molecular complexity index is 421. The van der Waals surface area contributed by atoms with Crippen molar-refractivity contribution in [2.75, 3.05) is 46.3 Å². The number of hydrogen-bond acceptors (Lipinski definition) is 5. The second kappa shape index (κ2) is 7.65. The van der Waals surface area contributed by atoms with E-state index in [1.54, 1.807) is 0 Å². The molecule has 0 bridgehead atoms. The van der Waals surface area contributed by atoms with Crippen LogP contribution in [0.15, 0.2) is 12.3 Å². The summed E-state index contributed by atoms with van der Waals surface area (Å²) in [6.07, 6.45) is 1.30. The Morgan fingerprint density at radius 3 is 2.47 bits per heavy atom. The fraction of sp³-hybridized carbons (Fsp3) is 0.500. The fourth-order valence-electron chi connectivity index (χ4n) is 1.51. The Balaban J connectivity index is 2.87. The second-order valence-corrected chi connectivity index (χ2v) is 3.84. The van der Waals surface area contributed by atoms with Crippen molar-refractivity contribution in [2.45, 2.75) is 0 Å². The van der Waals surface area contributed by atoms with Crippen LogP contribution in [0.3, 0.4) is 0 Å². The zero-order chi connectivity index (χ0) is 14.3. The first-order valence-corrected chi connectivity index (χ1v) is 5.79. The molecule has 0 radical (unpaired) electrons. The molecule has 7 heteroatoms. The Morgan fingerprint density at radius 1 is 1.37 bits per heavy atom. The van der Waals surface area contributed by atoms with E-state index in [1.165, 1.54) is 31.4 Å². The maximum absolute atomic E-state index is 13.8. The standard InChI is InChI=1S/C12H18FN3O3/c1-18-7-5-16(6-8-19-2)12(17)9-3-4-15-11(14)10(9)13/h3-4H,5-8H2,1-2H3,(H2,14,15). The summed E-state index contributed by atoms with van der Waals surface area (Å²) in [6, 6.07) is 1.31. The molecule has 0 aromatic carbocycles. The van der Waals surface area contributed by atoms with Crippen molar-refractivity contribution in [3.63, 3.8) is 0 Å². The van der Waals surface area contributed by atoms with E-state index >= 15 is 0 Å². The molecule has 0 atom stereocenters. The minimum absolute atomic E-state index is 0.0975. The highest BCUT2D eigenvalue weighted by molar-refractivity contribution is 5.95. The Labute approximate surface area is 111 Å². The van der Waals surface area contributed by atoms with Crippen LogP contribution in [0.25, 0.3) is 0 Å². The van der Waals surface area contributed by atoms with Crippen LogP contribution in [-0.4, -0.2) is 56.3 Å². The average molecular weight is 271 g/mol. The van der Waals surface area contributed by atoms with Crippen LogP contribution < -0.4 is 5.73 Å². The summed E-state index contributed by atoms with van der Waals surface area (Å²) in [6.45, 7) is 1.41. The molecule has 1 aromatic heterocycles. The topological polar surface area (TPSA) is 77.7 Å². The van der Waals surface area contributed by atoms with Gasteiger partial charge < -0.3 is 20.1 Å². The number of halogens is 1. The highest BCUT2D eigenvalue weighted by Gasteiger charge is 2.20. The lowest BCUT2D eigenvalue weighted by atomic mass is 10.2. The van der Waals surface area contributed by atoms with E-state index in [9.17, 15) is 9.18 Å². The van der Waals surface area contributed by atoms with Crippen molar-refractivity contribution >= 4 is 11.7 Å². The number of carbonyl (C=O) groups excluding carboxylic acids is 1. The normalized spacial score (nSPS) is 10.5. The summed E-state index contributed by atoms with van der Waals surface area (Å²) in [5.74, 6) is -1.54. The molecule has 0 aliphatic heterocycles. The predicted molar refractivity (Wildman–Crippen MR) is 68.3 cm³/mol. The smallest absolute Gasteiger partial charge is 0.257 e. The molecule has 6 nitrogen and oxygen atoms in total. The van der Waals surface area contributed by atoms with E-state index < -0.39 is 11.7 Å². The number of methoxy groups -OCH3 is 2. The number of amides is 1. The first kappa shape index (κ1) is 15.3. The molecule has 2 N–H and O–H groups in total. The molecule has 1 rings (SSSR count). The zero-order valence-electron chi connectivity index (χ0n) is 11.1. The van der Waals surface area contributed by atoms with Gasteiger partial charge in [0, 0.05) is 33.5 Å². The van der Waals surface area contributed by atoms with Crippen LogP contribution in [0.1, 0.15) is 10.4 Å². The molecule has 19 heavy (non-hydrogen) atoms. The van der Waals surface area contributed by atoms with Crippen LogP contribution in [0.4, 0.5) is 10.2 Å². The third-order valence-electron chi connectivity index (χ3n) is 2.56. The number of ether oxygens (including phenoxy) is 2. The number of nitrogen functional groups attached to an aromatic ring is 1. The lowest BCUT2D eigenvalue weighted by molar-refractivity contribution is 0.0623. The number of carbonyl (C=O) groups is 1. The van der Waals surface area contributed by atoms with Crippen molar-refractivity contribution in [2.24, 2.45) is 0 Å². The molecule has 1 heterocycles. The van der Waals surface area contributed by atoms with Crippen molar-refractivity contribution in [3.8, 4) is 0 Å². The van der Waals surface area contributed by atoms with Gasteiger partial charge in [-0.2, -0.15) is 0 Å². The Morgan fingerprint density at radius 2 is 1.95 bits per heavy atom. The lowest BCUT2D eigenvalue weighted by Gasteiger charge is -2.22. The SMILES string of the molecule is COCCN(CCOC)C(=O)c1ccnc(N)c1F. The van der Waals surface area contributed by atoms with Gasteiger partial charge >= 0.3 is 0 Å². The summed E-state index contributed by atoms with van der Waals surface area (Å²) >= 11 is 0. The molecular weight excluding hydrogens is 253 g/mol. The van der Waals surface area contributed by atoms with Gasteiger partial charge in [-0.1, -0.05) is 0 Å². The predicted octanol–water partition coefficient (Wildman–Crippen LogP) is 0.538. The highest BCUT2D eigenvalue weighted by Crippen LogP contribution is 2.14. The quantitative estimate of drug-likeness (QED) is 0.783. The maximum Gasteiger partial charge on any atom is 0.257 e. The molecular formula is C12H18FN3O3. The van der Waals surface area contributed by atoms with E-state index in [4.69, 9.17) is 15.2 Å².